The van der Waals surface area contributed by atoms with Crippen LogP contribution in [0.2, 0.25) is 0 Å². The van der Waals surface area contributed by atoms with Crippen molar-refractivity contribution in [3.8, 4) is 11.7 Å². The third-order valence-electron chi connectivity index (χ3n) is 4.42. The van der Waals surface area contributed by atoms with E-state index < -0.39 is 5.25 Å². The number of fused-ring (bicyclic) bond motifs is 1. The van der Waals surface area contributed by atoms with Crippen LogP contribution in [0.15, 0.2) is 50.7 Å². The summed E-state index contributed by atoms with van der Waals surface area (Å²) in [6.07, 6.45) is 2.29. The highest BCUT2D eigenvalue weighted by molar-refractivity contribution is 8.00. The smallest absolute Gasteiger partial charge is 0.284 e. The summed E-state index contributed by atoms with van der Waals surface area (Å²) in [7, 11) is 0. The number of Topliss-reactive ketones (excluding diaryl/α,β-unsaturated/α-hetero) is 1. The Labute approximate surface area is 159 Å². The number of furan rings is 1. The van der Waals surface area contributed by atoms with Crippen LogP contribution < -0.4 is 4.90 Å². The van der Waals surface area contributed by atoms with Crippen molar-refractivity contribution in [2.45, 2.75) is 30.7 Å². The summed E-state index contributed by atoms with van der Waals surface area (Å²) in [6, 6.07) is 8.95. The van der Waals surface area contributed by atoms with Crippen molar-refractivity contribution in [3.05, 3.63) is 47.7 Å². The summed E-state index contributed by atoms with van der Waals surface area (Å²) in [4.78, 5) is 26.2. The molecule has 0 fully saturated rings. The summed E-state index contributed by atoms with van der Waals surface area (Å²) in [5, 5.41) is 7.82. The van der Waals surface area contributed by atoms with E-state index in [1.165, 1.54) is 18.0 Å². The molecule has 2 aromatic heterocycles. The van der Waals surface area contributed by atoms with Crippen molar-refractivity contribution < 1.29 is 18.4 Å². The summed E-state index contributed by atoms with van der Waals surface area (Å²) >= 11 is 1.21. The molecule has 1 aromatic carbocycles. The molecule has 27 heavy (non-hydrogen) atoms. The van der Waals surface area contributed by atoms with E-state index in [1.807, 2.05) is 12.1 Å². The van der Waals surface area contributed by atoms with Gasteiger partial charge in [0.1, 0.15) is 0 Å². The number of carbonyl (C=O) groups excluding carboxylic acids is 2. The molecule has 1 atom stereocenters. The van der Waals surface area contributed by atoms with Crippen LogP contribution in [0.4, 0.5) is 5.69 Å². The molecule has 0 saturated carbocycles. The zero-order valence-corrected chi connectivity index (χ0v) is 15.7. The number of amides is 1. The number of anilines is 1. The van der Waals surface area contributed by atoms with Crippen molar-refractivity contribution in [2.24, 2.45) is 0 Å². The van der Waals surface area contributed by atoms with Gasteiger partial charge in [0.15, 0.2) is 11.5 Å². The van der Waals surface area contributed by atoms with Crippen molar-refractivity contribution in [3.63, 3.8) is 0 Å². The molecular formula is C19H17N3O4S. The summed E-state index contributed by atoms with van der Waals surface area (Å²) in [5.41, 5.74) is 2.52. The number of hydrogen-bond donors (Lipinski definition) is 0. The average Bonchev–Trinajstić information content (AvgIpc) is 3.39. The summed E-state index contributed by atoms with van der Waals surface area (Å²) < 4.78 is 10.8. The fourth-order valence-corrected chi connectivity index (χ4v) is 3.84. The first-order valence-electron chi connectivity index (χ1n) is 8.52. The van der Waals surface area contributed by atoms with Gasteiger partial charge in [0, 0.05) is 24.7 Å². The fraction of sp³-hybridized carbons (Fsp3) is 0.263. The maximum absolute atomic E-state index is 12.8. The second-order valence-electron chi connectivity index (χ2n) is 6.24. The van der Waals surface area contributed by atoms with E-state index in [0.29, 0.717) is 23.1 Å². The first-order valence-corrected chi connectivity index (χ1v) is 9.40. The maximum Gasteiger partial charge on any atom is 0.284 e. The number of thioether (sulfide) groups is 1. The lowest BCUT2D eigenvalue weighted by Gasteiger charge is -2.15. The number of ketones is 1. The minimum atomic E-state index is -0.390. The van der Waals surface area contributed by atoms with E-state index in [4.69, 9.17) is 8.83 Å². The molecular weight excluding hydrogens is 366 g/mol. The molecule has 8 heteroatoms. The van der Waals surface area contributed by atoms with Gasteiger partial charge in [-0.3, -0.25) is 9.59 Å². The predicted octanol–water partition coefficient (Wildman–Crippen LogP) is 3.60. The summed E-state index contributed by atoms with van der Waals surface area (Å²) in [5.74, 6) is 0.758. The zero-order chi connectivity index (χ0) is 19.0. The van der Waals surface area contributed by atoms with Gasteiger partial charge in [-0.2, -0.15) is 0 Å². The van der Waals surface area contributed by atoms with Crippen LogP contribution in [-0.4, -0.2) is 33.7 Å². The monoisotopic (exact) mass is 383 g/mol. The standard InChI is InChI=1S/C19H17N3O4S/c1-11(27-19-21-20-18(26-19)16-4-3-9-25-16)17(24)14-5-6-15-13(10-14)7-8-22(15)12(2)23/h3-6,9-11H,7-8H2,1-2H3. The molecule has 138 valence electrons. The van der Waals surface area contributed by atoms with Gasteiger partial charge in [-0.15, -0.1) is 10.2 Å². The molecule has 4 rings (SSSR count). The van der Waals surface area contributed by atoms with Crippen LogP contribution >= 0.6 is 11.8 Å². The van der Waals surface area contributed by atoms with Crippen molar-refractivity contribution in [1.29, 1.82) is 0 Å². The van der Waals surface area contributed by atoms with E-state index in [0.717, 1.165) is 17.7 Å². The van der Waals surface area contributed by atoms with E-state index >= 15 is 0 Å². The second kappa shape index (κ2) is 7.03. The zero-order valence-electron chi connectivity index (χ0n) is 14.8. The van der Waals surface area contributed by atoms with E-state index in [-0.39, 0.29) is 17.6 Å². The Hall–Kier alpha value is -2.87. The van der Waals surface area contributed by atoms with Gasteiger partial charge < -0.3 is 13.7 Å². The average molecular weight is 383 g/mol. The van der Waals surface area contributed by atoms with Gasteiger partial charge in [-0.25, -0.2) is 0 Å². The molecule has 1 aliphatic heterocycles. The molecule has 0 N–H and O–H groups in total. The normalized spacial score (nSPS) is 14.2. The molecule has 7 nitrogen and oxygen atoms in total. The molecule has 0 aliphatic carbocycles. The molecule has 3 aromatic rings. The quantitative estimate of drug-likeness (QED) is 0.491. The minimum absolute atomic E-state index is 0.0144. The summed E-state index contributed by atoms with van der Waals surface area (Å²) in [6.45, 7) is 4.01. The second-order valence-corrected chi connectivity index (χ2v) is 7.53. The maximum atomic E-state index is 12.8. The minimum Gasteiger partial charge on any atom is -0.459 e. The molecule has 0 saturated heterocycles. The van der Waals surface area contributed by atoms with E-state index in [9.17, 15) is 9.59 Å². The number of rotatable bonds is 5. The molecule has 0 radical (unpaired) electrons. The number of hydrogen-bond acceptors (Lipinski definition) is 7. The first kappa shape index (κ1) is 17.5. The van der Waals surface area contributed by atoms with Crippen molar-refractivity contribution in [1.82, 2.24) is 10.2 Å². The predicted molar refractivity (Wildman–Crippen MR) is 99.8 cm³/mol. The van der Waals surface area contributed by atoms with Gasteiger partial charge in [0.05, 0.1) is 11.5 Å². The molecule has 0 bridgehead atoms. The highest BCUT2D eigenvalue weighted by atomic mass is 32.2. The first-order chi connectivity index (χ1) is 13.0. The molecule has 1 aliphatic rings. The Morgan fingerprint density at radius 3 is 2.85 bits per heavy atom. The highest BCUT2D eigenvalue weighted by Gasteiger charge is 2.25. The number of benzene rings is 1. The Kier molecular flexibility index (Phi) is 4.57. The molecule has 1 amide bonds. The highest BCUT2D eigenvalue weighted by Crippen LogP contribution is 2.31. The van der Waals surface area contributed by atoms with E-state index in [1.54, 1.807) is 36.9 Å². The van der Waals surface area contributed by atoms with Gasteiger partial charge in [0.2, 0.25) is 5.91 Å². The Balaban J connectivity index is 1.48. The molecule has 1 unspecified atom stereocenters. The lowest BCUT2D eigenvalue weighted by molar-refractivity contribution is -0.116. The Bertz CT molecular complexity index is 996. The topological polar surface area (TPSA) is 89.4 Å². The largest absolute Gasteiger partial charge is 0.459 e. The van der Waals surface area contributed by atoms with Crippen LogP contribution in [0.25, 0.3) is 11.7 Å². The van der Waals surface area contributed by atoms with Gasteiger partial charge >= 0.3 is 0 Å². The van der Waals surface area contributed by atoms with Gasteiger partial charge in [-0.05, 0) is 49.2 Å². The molecule has 3 heterocycles. The van der Waals surface area contributed by atoms with Crippen LogP contribution in [0.1, 0.15) is 29.8 Å². The van der Waals surface area contributed by atoms with Crippen LogP contribution in [0.5, 0.6) is 0 Å². The van der Waals surface area contributed by atoms with Crippen LogP contribution in [0.3, 0.4) is 0 Å². The lowest BCUT2D eigenvalue weighted by Crippen LogP contribution is -2.25. The van der Waals surface area contributed by atoms with Crippen molar-refractivity contribution in [2.75, 3.05) is 11.4 Å². The van der Waals surface area contributed by atoms with Crippen LogP contribution in [0, 0.1) is 0 Å². The Morgan fingerprint density at radius 1 is 1.26 bits per heavy atom. The molecule has 0 spiro atoms. The number of carbonyl (C=O) groups is 2. The van der Waals surface area contributed by atoms with E-state index in [2.05, 4.69) is 10.2 Å². The SMILES string of the molecule is CC(=O)N1CCc2cc(C(=O)C(C)Sc3nnc(-c4ccco4)o3)ccc21. The van der Waals surface area contributed by atoms with Gasteiger partial charge in [-0.1, -0.05) is 11.8 Å². The Morgan fingerprint density at radius 2 is 2.11 bits per heavy atom. The third-order valence-corrected chi connectivity index (χ3v) is 5.36. The lowest BCUT2D eigenvalue weighted by atomic mass is 10.0. The van der Waals surface area contributed by atoms with Crippen molar-refractivity contribution >= 4 is 29.1 Å². The van der Waals surface area contributed by atoms with Crippen LogP contribution in [-0.2, 0) is 11.2 Å². The fourth-order valence-electron chi connectivity index (χ4n) is 3.08. The third kappa shape index (κ3) is 3.40. The van der Waals surface area contributed by atoms with Gasteiger partial charge in [0.25, 0.3) is 11.1 Å². The number of aromatic nitrogens is 2. The number of nitrogens with zero attached hydrogens (tertiary/aromatic N) is 3.